The maximum Gasteiger partial charge on any atom is 0.0476 e. The zero-order chi connectivity index (χ0) is 7.90. The van der Waals surface area contributed by atoms with Gasteiger partial charge in [-0.25, -0.2) is 0 Å². The molecule has 2 saturated carbocycles. The van der Waals surface area contributed by atoms with Crippen molar-refractivity contribution in [1.29, 1.82) is 0 Å². The molecule has 2 bridgehead atoms. The monoisotopic (exact) mass is 155 g/mol. The highest BCUT2D eigenvalue weighted by Crippen LogP contribution is 2.46. The Kier molecular flexibility index (Phi) is 1.69. The standard InChI is InChI=1S/C9H17NO/c10-9-3-1-2-7(5-9)4-8(9)6-11/h7-8,11H,1-6,10H2. The molecule has 3 atom stereocenters. The lowest BCUT2D eigenvalue weighted by Gasteiger charge is -2.32. The van der Waals surface area contributed by atoms with Crippen LogP contribution in [-0.2, 0) is 0 Å². The Morgan fingerprint density at radius 2 is 2.36 bits per heavy atom. The van der Waals surface area contributed by atoms with Gasteiger partial charge >= 0.3 is 0 Å². The average Bonchev–Trinajstić information content (AvgIpc) is 2.21. The van der Waals surface area contributed by atoms with Crippen LogP contribution in [0.3, 0.4) is 0 Å². The molecule has 2 nitrogen and oxygen atoms in total. The second-order valence-electron chi connectivity index (χ2n) is 4.31. The van der Waals surface area contributed by atoms with Crippen molar-refractivity contribution in [2.75, 3.05) is 6.61 Å². The van der Waals surface area contributed by atoms with E-state index in [1.165, 1.54) is 19.3 Å². The molecule has 0 aromatic heterocycles. The van der Waals surface area contributed by atoms with E-state index >= 15 is 0 Å². The zero-order valence-corrected chi connectivity index (χ0v) is 6.92. The molecule has 0 amide bonds. The molecule has 2 heteroatoms. The summed E-state index contributed by atoms with van der Waals surface area (Å²) in [4.78, 5) is 0. The van der Waals surface area contributed by atoms with Crippen LogP contribution in [0.1, 0.15) is 32.1 Å². The van der Waals surface area contributed by atoms with E-state index in [0.717, 1.165) is 18.8 Å². The van der Waals surface area contributed by atoms with Crippen LogP contribution in [0.15, 0.2) is 0 Å². The number of fused-ring (bicyclic) bond motifs is 2. The van der Waals surface area contributed by atoms with Crippen molar-refractivity contribution >= 4 is 0 Å². The Morgan fingerprint density at radius 3 is 3.00 bits per heavy atom. The highest BCUT2D eigenvalue weighted by atomic mass is 16.3. The van der Waals surface area contributed by atoms with Crippen molar-refractivity contribution < 1.29 is 5.11 Å². The van der Waals surface area contributed by atoms with Gasteiger partial charge in [0.05, 0.1) is 0 Å². The van der Waals surface area contributed by atoms with Crippen LogP contribution in [0, 0.1) is 11.8 Å². The van der Waals surface area contributed by atoms with Crippen LogP contribution in [0.5, 0.6) is 0 Å². The van der Waals surface area contributed by atoms with E-state index in [4.69, 9.17) is 10.8 Å². The number of hydrogen-bond acceptors (Lipinski definition) is 2. The summed E-state index contributed by atoms with van der Waals surface area (Å²) in [6, 6.07) is 0. The first-order valence-electron chi connectivity index (χ1n) is 4.64. The molecule has 0 radical (unpaired) electrons. The Bertz CT molecular complexity index is 160. The number of rotatable bonds is 1. The van der Waals surface area contributed by atoms with E-state index in [1.54, 1.807) is 0 Å². The van der Waals surface area contributed by atoms with Crippen LogP contribution < -0.4 is 5.73 Å². The van der Waals surface area contributed by atoms with Gasteiger partial charge in [0.15, 0.2) is 0 Å². The summed E-state index contributed by atoms with van der Waals surface area (Å²) in [7, 11) is 0. The molecule has 3 N–H and O–H groups in total. The van der Waals surface area contributed by atoms with Crippen molar-refractivity contribution in [1.82, 2.24) is 0 Å². The summed E-state index contributed by atoms with van der Waals surface area (Å²) in [6.07, 6.45) is 6.09. The van der Waals surface area contributed by atoms with Crippen LogP contribution in [-0.4, -0.2) is 17.3 Å². The van der Waals surface area contributed by atoms with Crippen molar-refractivity contribution in [3.8, 4) is 0 Å². The molecule has 2 fully saturated rings. The normalized spacial score (nSPS) is 49.6. The highest BCUT2D eigenvalue weighted by Gasteiger charge is 2.45. The lowest BCUT2D eigenvalue weighted by atomic mass is 9.80. The zero-order valence-electron chi connectivity index (χ0n) is 6.92. The summed E-state index contributed by atoms with van der Waals surface area (Å²) in [5.74, 6) is 1.22. The van der Waals surface area contributed by atoms with Gasteiger partial charge in [0.25, 0.3) is 0 Å². The van der Waals surface area contributed by atoms with Gasteiger partial charge in [-0.05, 0) is 25.2 Å². The summed E-state index contributed by atoms with van der Waals surface area (Å²) >= 11 is 0. The maximum atomic E-state index is 9.10. The molecular formula is C9H17NO. The van der Waals surface area contributed by atoms with Gasteiger partial charge in [-0.3, -0.25) is 0 Å². The Hall–Kier alpha value is -0.0800. The van der Waals surface area contributed by atoms with Gasteiger partial charge < -0.3 is 10.8 Å². The molecule has 2 aliphatic carbocycles. The average molecular weight is 155 g/mol. The molecule has 0 saturated heterocycles. The Balaban J connectivity index is 2.14. The summed E-state index contributed by atoms with van der Waals surface area (Å²) in [5, 5.41) is 9.10. The molecule has 0 aliphatic heterocycles. The van der Waals surface area contributed by atoms with E-state index in [0.29, 0.717) is 12.5 Å². The van der Waals surface area contributed by atoms with Gasteiger partial charge in [-0.15, -0.1) is 0 Å². The van der Waals surface area contributed by atoms with E-state index in [-0.39, 0.29) is 5.54 Å². The minimum Gasteiger partial charge on any atom is -0.396 e. The predicted molar refractivity (Wildman–Crippen MR) is 44.1 cm³/mol. The van der Waals surface area contributed by atoms with Crippen LogP contribution in [0.2, 0.25) is 0 Å². The van der Waals surface area contributed by atoms with Gasteiger partial charge in [0, 0.05) is 18.1 Å². The summed E-state index contributed by atoms with van der Waals surface area (Å²) in [6.45, 7) is 0.299. The fraction of sp³-hybridized carbons (Fsp3) is 1.00. The number of aliphatic hydroxyl groups excluding tert-OH is 1. The largest absolute Gasteiger partial charge is 0.396 e. The first-order valence-corrected chi connectivity index (χ1v) is 4.64. The van der Waals surface area contributed by atoms with E-state index < -0.39 is 0 Å². The molecule has 64 valence electrons. The molecule has 2 rings (SSSR count). The molecule has 0 heterocycles. The molecule has 2 aliphatic rings. The van der Waals surface area contributed by atoms with Crippen LogP contribution in [0.25, 0.3) is 0 Å². The quantitative estimate of drug-likeness (QED) is 0.590. The third-order valence-corrected chi connectivity index (χ3v) is 3.57. The first kappa shape index (κ1) is 7.56. The SMILES string of the molecule is NC12CCCC(CC1CO)C2. The highest BCUT2D eigenvalue weighted by molar-refractivity contribution is 5.02. The van der Waals surface area contributed by atoms with Crippen molar-refractivity contribution in [3.63, 3.8) is 0 Å². The Labute approximate surface area is 67.8 Å². The van der Waals surface area contributed by atoms with Crippen molar-refractivity contribution in [3.05, 3.63) is 0 Å². The Morgan fingerprint density at radius 1 is 1.55 bits per heavy atom. The van der Waals surface area contributed by atoms with Gasteiger partial charge in [0.1, 0.15) is 0 Å². The van der Waals surface area contributed by atoms with E-state index in [1.807, 2.05) is 0 Å². The fourth-order valence-electron chi connectivity index (χ4n) is 2.93. The number of hydrogen-bond donors (Lipinski definition) is 2. The van der Waals surface area contributed by atoms with Crippen molar-refractivity contribution in [2.45, 2.75) is 37.6 Å². The second kappa shape index (κ2) is 2.46. The smallest absolute Gasteiger partial charge is 0.0476 e. The molecule has 3 unspecified atom stereocenters. The topological polar surface area (TPSA) is 46.2 Å². The number of aliphatic hydroxyl groups is 1. The number of nitrogens with two attached hydrogens (primary N) is 1. The lowest BCUT2D eigenvalue weighted by Crippen LogP contribution is -2.45. The third kappa shape index (κ3) is 1.09. The van der Waals surface area contributed by atoms with Gasteiger partial charge in [-0.1, -0.05) is 12.8 Å². The van der Waals surface area contributed by atoms with Gasteiger partial charge in [0.2, 0.25) is 0 Å². The van der Waals surface area contributed by atoms with E-state index in [2.05, 4.69) is 0 Å². The molecule has 11 heavy (non-hydrogen) atoms. The predicted octanol–water partition coefficient (Wildman–Crippen LogP) is 0.886. The van der Waals surface area contributed by atoms with Crippen molar-refractivity contribution in [2.24, 2.45) is 17.6 Å². The van der Waals surface area contributed by atoms with Gasteiger partial charge in [-0.2, -0.15) is 0 Å². The first-order chi connectivity index (χ1) is 5.24. The summed E-state index contributed by atoms with van der Waals surface area (Å²) < 4.78 is 0. The van der Waals surface area contributed by atoms with Crippen LogP contribution >= 0.6 is 0 Å². The summed E-state index contributed by atoms with van der Waals surface area (Å²) in [5.41, 5.74) is 6.21. The van der Waals surface area contributed by atoms with Crippen LogP contribution in [0.4, 0.5) is 0 Å². The second-order valence-corrected chi connectivity index (χ2v) is 4.31. The minimum atomic E-state index is 0.0116. The molecular weight excluding hydrogens is 138 g/mol. The maximum absolute atomic E-state index is 9.10. The third-order valence-electron chi connectivity index (χ3n) is 3.57. The fourth-order valence-corrected chi connectivity index (χ4v) is 2.93. The van der Waals surface area contributed by atoms with E-state index in [9.17, 15) is 0 Å². The molecule has 0 aromatic carbocycles. The molecule has 0 aromatic rings. The minimum absolute atomic E-state index is 0.0116. The molecule has 0 spiro atoms. The lowest BCUT2D eigenvalue weighted by molar-refractivity contribution is 0.166.